The Labute approximate surface area is 93.8 Å². The number of carbonyl (C=O) groups is 2. The van der Waals surface area contributed by atoms with Crippen molar-refractivity contribution in [1.82, 2.24) is 0 Å². The van der Waals surface area contributed by atoms with Crippen molar-refractivity contribution in [3.63, 3.8) is 0 Å². The maximum atomic E-state index is 11.7. The fourth-order valence-corrected chi connectivity index (χ4v) is 1.85. The molecule has 2 rings (SSSR count). The van der Waals surface area contributed by atoms with Gasteiger partial charge in [-0.2, -0.15) is 0 Å². The molecule has 1 heterocycles. The largest absolute Gasteiger partial charge is 0.459 e. The number of hydrogen-bond donors (Lipinski definition) is 0. The van der Waals surface area contributed by atoms with E-state index in [9.17, 15) is 9.59 Å². The molecule has 0 aliphatic carbocycles. The van der Waals surface area contributed by atoms with Gasteiger partial charge in [0.15, 0.2) is 0 Å². The van der Waals surface area contributed by atoms with E-state index >= 15 is 0 Å². The molecule has 1 aliphatic heterocycles. The van der Waals surface area contributed by atoms with Crippen molar-refractivity contribution in [3.05, 3.63) is 29.8 Å². The number of nitrogens with zero attached hydrogens (tertiary/aromatic N) is 1. The zero-order valence-corrected chi connectivity index (χ0v) is 9.10. The summed E-state index contributed by atoms with van der Waals surface area (Å²) in [5.74, 6) is -1.36. The molecule has 4 nitrogen and oxygen atoms in total. The van der Waals surface area contributed by atoms with Crippen molar-refractivity contribution in [2.75, 3.05) is 18.1 Å². The van der Waals surface area contributed by atoms with Gasteiger partial charge in [-0.25, -0.2) is 4.79 Å². The first-order valence-electron chi connectivity index (χ1n) is 5.30. The number of rotatable bonds is 1. The topological polar surface area (TPSA) is 46.6 Å². The lowest BCUT2D eigenvalue weighted by Crippen LogP contribution is -2.36. The molecular weight excluding hydrogens is 206 g/mol. The van der Waals surface area contributed by atoms with Crippen molar-refractivity contribution >= 4 is 17.6 Å². The Morgan fingerprint density at radius 1 is 1.38 bits per heavy atom. The van der Waals surface area contributed by atoms with E-state index in [2.05, 4.69) is 0 Å². The Hall–Kier alpha value is -1.84. The maximum absolute atomic E-state index is 11.7. The normalized spacial score (nSPS) is 13.4. The molecule has 0 fully saturated rings. The van der Waals surface area contributed by atoms with Gasteiger partial charge in [0, 0.05) is 12.2 Å². The molecule has 16 heavy (non-hydrogen) atoms. The molecule has 1 aliphatic rings. The lowest BCUT2D eigenvalue weighted by molar-refractivity contribution is -0.153. The highest BCUT2D eigenvalue weighted by atomic mass is 16.5. The third-order valence-corrected chi connectivity index (χ3v) is 2.58. The second-order valence-corrected chi connectivity index (χ2v) is 3.56. The number of para-hydroxylation sites is 1. The number of ether oxygens (including phenoxy) is 1. The molecule has 0 unspecified atom stereocenters. The SMILES string of the molecule is CCOC(=O)C(=O)N1CCc2ccccc21. The average Bonchev–Trinajstić information content (AvgIpc) is 2.72. The van der Waals surface area contributed by atoms with Gasteiger partial charge >= 0.3 is 11.9 Å². The number of benzene rings is 1. The summed E-state index contributed by atoms with van der Waals surface area (Å²) in [6, 6.07) is 7.60. The van der Waals surface area contributed by atoms with Crippen LogP contribution >= 0.6 is 0 Å². The number of fused-ring (bicyclic) bond motifs is 1. The average molecular weight is 219 g/mol. The van der Waals surface area contributed by atoms with Gasteiger partial charge in [0.05, 0.1) is 6.61 Å². The summed E-state index contributed by atoms with van der Waals surface area (Å²) in [5.41, 5.74) is 1.92. The van der Waals surface area contributed by atoms with Crippen molar-refractivity contribution in [2.45, 2.75) is 13.3 Å². The van der Waals surface area contributed by atoms with Crippen molar-refractivity contribution in [3.8, 4) is 0 Å². The molecule has 84 valence electrons. The van der Waals surface area contributed by atoms with Crippen LogP contribution in [0.15, 0.2) is 24.3 Å². The molecule has 1 amide bonds. The molecule has 0 radical (unpaired) electrons. The Morgan fingerprint density at radius 2 is 2.12 bits per heavy atom. The van der Waals surface area contributed by atoms with E-state index in [0.29, 0.717) is 6.54 Å². The summed E-state index contributed by atoms with van der Waals surface area (Å²) in [4.78, 5) is 24.6. The quantitative estimate of drug-likeness (QED) is 0.525. The van der Waals surface area contributed by atoms with Crippen molar-refractivity contribution in [1.29, 1.82) is 0 Å². The third kappa shape index (κ3) is 1.78. The minimum Gasteiger partial charge on any atom is -0.459 e. The van der Waals surface area contributed by atoms with E-state index < -0.39 is 11.9 Å². The number of anilines is 1. The van der Waals surface area contributed by atoms with Gasteiger partial charge in [-0.05, 0) is 25.0 Å². The summed E-state index contributed by atoms with van der Waals surface area (Å²) >= 11 is 0. The van der Waals surface area contributed by atoms with Crippen LogP contribution in [0.5, 0.6) is 0 Å². The van der Waals surface area contributed by atoms with E-state index in [4.69, 9.17) is 4.74 Å². The Balaban J connectivity index is 2.19. The van der Waals surface area contributed by atoms with Gasteiger partial charge in [-0.3, -0.25) is 4.79 Å². The summed E-state index contributed by atoms with van der Waals surface area (Å²) in [6.07, 6.45) is 0.793. The van der Waals surface area contributed by atoms with Crippen LogP contribution in [-0.2, 0) is 20.7 Å². The molecular formula is C12H13NO3. The highest BCUT2D eigenvalue weighted by Gasteiger charge is 2.29. The van der Waals surface area contributed by atoms with E-state index in [-0.39, 0.29) is 6.61 Å². The maximum Gasteiger partial charge on any atom is 0.397 e. The summed E-state index contributed by atoms with van der Waals surface area (Å²) < 4.78 is 4.70. The Kier molecular flexibility index (Phi) is 2.90. The molecule has 1 aromatic carbocycles. The van der Waals surface area contributed by atoms with E-state index in [1.54, 1.807) is 6.92 Å². The van der Waals surface area contributed by atoms with Crippen LogP contribution in [0.4, 0.5) is 5.69 Å². The van der Waals surface area contributed by atoms with Gasteiger partial charge in [-0.15, -0.1) is 0 Å². The predicted molar refractivity (Wildman–Crippen MR) is 59.1 cm³/mol. The smallest absolute Gasteiger partial charge is 0.397 e. The van der Waals surface area contributed by atoms with Crippen LogP contribution in [0, 0.1) is 0 Å². The van der Waals surface area contributed by atoms with Crippen molar-refractivity contribution in [2.24, 2.45) is 0 Å². The van der Waals surface area contributed by atoms with Gasteiger partial charge in [0.1, 0.15) is 0 Å². The predicted octanol–water partition coefficient (Wildman–Crippen LogP) is 1.14. The minimum atomic E-state index is -0.779. The Morgan fingerprint density at radius 3 is 2.88 bits per heavy atom. The molecule has 0 saturated carbocycles. The first-order valence-corrected chi connectivity index (χ1v) is 5.30. The van der Waals surface area contributed by atoms with Gasteiger partial charge < -0.3 is 9.64 Å². The van der Waals surface area contributed by atoms with Crippen LogP contribution in [-0.4, -0.2) is 25.0 Å². The van der Waals surface area contributed by atoms with E-state index in [0.717, 1.165) is 17.7 Å². The molecule has 0 aromatic heterocycles. The minimum absolute atomic E-state index is 0.222. The number of carbonyl (C=O) groups excluding carboxylic acids is 2. The second-order valence-electron chi connectivity index (χ2n) is 3.56. The molecule has 1 aromatic rings. The Bertz CT molecular complexity index is 428. The summed E-state index contributed by atoms with van der Waals surface area (Å²) in [7, 11) is 0. The van der Waals surface area contributed by atoms with Crippen LogP contribution in [0.3, 0.4) is 0 Å². The highest BCUT2D eigenvalue weighted by molar-refractivity contribution is 6.38. The van der Waals surface area contributed by atoms with E-state index in [1.807, 2.05) is 24.3 Å². The first-order chi connectivity index (χ1) is 7.74. The molecule has 0 bridgehead atoms. The van der Waals surface area contributed by atoms with Gasteiger partial charge in [-0.1, -0.05) is 18.2 Å². The third-order valence-electron chi connectivity index (χ3n) is 2.58. The first kappa shape index (κ1) is 10.7. The lowest BCUT2D eigenvalue weighted by atomic mass is 10.2. The van der Waals surface area contributed by atoms with Crippen LogP contribution < -0.4 is 4.90 Å². The number of hydrogen-bond acceptors (Lipinski definition) is 3. The zero-order chi connectivity index (χ0) is 11.5. The van der Waals surface area contributed by atoms with Crippen LogP contribution in [0.1, 0.15) is 12.5 Å². The highest BCUT2D eigenvalue weighted by Crippen LogP contribution is 2.27. The molecule has 0 saturated heterocycles. The van der Waals surface area contributed by atoms with E-state index in [1.165, 1.54) is 4.90 Å². The standard InChI is InChI=1S/C12H13NO3/c1-2-16-12(15)11(14)13-8-7-9-5-3-4-6-10(9)13/h3-6H,2,7-8H2,1H3. The molecule has 0 N–H and O–H groups in total. The van der Waals surface area contributed by atoms with Crippen LogP contribution in [0.2, 0.25) is 0 Å². The van der Waals surface area contributed by atoms with Crippen molar-refractivity contribution < 1.29 is 14.3 Å². The zero-order valence-electron chi connectivity index (χ0n) is 9.10. The fourth-order valence-electron chi connectivity index (χ4n) is 1.85. The number of amides is 1. The molecule has 0 atom stereocenters. The summed E-state index contributed by atoms with van der Waals surface area (Å²) in [6.45, 7) is 2.46. The molecule has 0 spiro atoms. The lowest BCUT2D eigenvalue weighted by Gasteiger charge is -2.15. The van der Waals surface area contributed by atoms with Crippen LogP contribution in [0.25, 0.3) is 0 Å². The number of esters is 1. The molecule has 4 heteroatoms. The second kappa shape index (κ2) is 4.35. The monoisotopic (exact) mass is 219 g/mol. The summed E-state index contributed by atoms with van der Waals surface area (Å²) in [5, 5.41) is 0. The van der Waals surface area contributed by atoms with Gasteiger partial charge in [0.2, 0.25) is 0 Å². The van der Waals surface area contributed by atoms with Gasteiger partial charge in [0.25, 0.3) is 0 Å². The fraction of sp³-hybridized carbons (Fsp3) is 0.333.